The van der Waals surface area contributed by atoms with Crippen molar-refractivity contribution in [3.8, 4) is 11.4 Å². The third-order valence-corrected chi connectivity index (χ3v) is 3.47. The fraction of sp³-hybridized carbons (Fsp3) is 0.118. The fourth-order valence-electron chi connectivity index (χ4n) is 2.21. The van der Waals surface area contributed by atoms with E-state index < -0.39 is 0 Å². The van der Waals surface area contributed by atoms with Crippen LogP contribution in [-0.4, -0.2) is 28.2 Å². The molecule has 0 saturated heterocycles. The molecule has 1 amide bonds. The second-order valence-corrected chi connectivity index (χ2v) is 5.16. The first-order valence-electron chi connectivity index (χ1n) is 7.36. The topological polar surface area (TPSA) is 91.9 Å². The monoisotopic (exact) mass is 323 g/mol. The van der Waals surface area contributed by atoms with Crippen LogP contribution in [0.2, 0.25) is 0 Å². The maximum atomic E-state index is 11.8. The van der Waals surface area contributed by atoms with Gasteiger partial charge in [0.2, 0.25) is 5.95 Å². The van der Waals surface area contributed by atoms with E-state index in [1.54, 1.807) is 12.1 Å². The number of nitrogens with one attached hydrogen (secondary N) is 3. The summed E-state index contributed by atoms with van der Waals surface area (Å²) in [6, 6.07) is 15.0. The lowest BCUT2D eigenvalue weighted by molar-refractivity contribution is 0.0537. The molecule has 0 aliphatic rings. The molecule has 122 valence electrons. The number of hydroxylamine groups is 1. The van der Waals surface area contributed by atoms with Crippen LogP contribution in [0.15, 0.2) is 48.5 Å². The van der Waals surface area contributed by atoms with Crippen molar-refractivity contribution in [3.63, 3.8) is 0 Å². The summed E-state index contributed by atoms with van der Waals surface area (Å²) in [4.78, 5) is 20.9. The van der Waals surface area contributed by atoms with E-state index in [4.69, 9.17) is 0 Å². The van der Waals surface area contributed by atoms with Crippen LogP contribution in [0.5, 0.6) is 0 Å². The summed E-state index contributed by atoms with van der Waals surface area (Å²) in [5.74, 6) is 0.783. The molecule has 0 aliphatic heterocycles. The number of aromatic amines is 1. The molecule has 3 rings (SSSR count). The van der Waals surface area contributed by atoms with Crippen LogP contribution in [0.3, 0.4) is 0 Å². The summed E-state index contributed by atoms with van der Waals surface area (Å²) >= 11 is 0. The summed E-state index contributed by atoms with van der Waals surface area (Å²) in [5.41, 5.74) is 5.43. The van der Waals surface area contributed by atoms with Gasteiger partial charge in [-0.05, 0) is 24.6 Å². The second kappa shape index (κ2) is 6.93. The van der Waals surface area contributed by atoms with Crippen molar-refractivity contribution in [1.29, 1.82) is 0 Å². The molecule has 7 nitrogen and oxygen atoms in total. The summed E-state index contributed by atoms with van der Waals surface area (Å²) in [7, 11) is 1.39. The zero-order valence-electron chi connectivity index (χ0n) is 13.3. The molecular formula is C17H17N5O2. The first-order chi connectivity index (χ1) is 11.7. The van der Waals surface area contributed by atoms with Crippen LogP contribution in [0.25, 0.3) is 11.4 Å². The normalized spacial score (nSPS) is 10.4. The number of hydrogen-bond donors (Lipinski definition) is 3. The lowest BCUT2D eigenvalue weighted by Gasteiger charge is -2.09. The van der Waals surface area contributed by atoms with Crippen LogP contribution in [0, 0.1) is 6.92 Å². The molecule has 24 heavy (non-hydrogen) atoms. The Morgan fingerprint density at radius 1 is 1.17 bits per heavy atom. The summed E-state index contributed by atoms with van der Waals surface area (Å²) in [6.07, 6.45) is 0. The molecule has 1 heterocycles. The van der Waals surface area contributed by atoms with Crippen LogP contribution in [0.4, 0.5) is 11.6 Å². The minimum absolute atomic E-state index is 0.319. The van der Waals surface area contributed by atoms with E-state index >= 15 is 0 Å². The zero-order valence-corrected chi connectivity index (χ0v) is 13.3. The Balaban J connectivity index is 1.82. The number of hydrogen-bond acceptors (Lipinski definition) is 5. The maximum absolute atomic E-state index is 11.8. The third-order valence-electron chi connectivity index (χ3n) is 3.47. The number of anilines is 2. The average molecular weight is 323 g/mol. The van der Waals surface area contributed by atoms with Crippen molar-refractivity contribution in [2.24, 2.45) is 0 Å². The van der Waals surface area contributed by atoms with Gasteiger partial charge in [-0.2, -0.15) is 4.98 Å². The number of benzene rings is 2. The standard InChI is InChI=1S/C17H17N5O2/c1-11-8-9-13(16(23)22-24-2)10-14(11)18-17-19-15(20-21-17)12-6-4-3-5-7-12/h3-10H,1-2H3,(H,22,23)(H2,18,19,20,21). The van der Waals surface area contributed by atoms with Gasteiger partial charge in [0.25, 0.3) is 5.91 Å². The Bertz CT molecular complexity index is 845. The van der Waals surface area contributed by atoms with Crippen molar-refractivity contribution < 1.29 is 9.63 Å². The molecule has 3 aromatic rings. The van der Waals surface area contributed by atoms with Crippen LogP contribution < -0.4 is 10.8 Å². The largest absolute Gasteiger partial charge is 0.323 e. The van der Waals surface area contributed by atoms with E-state index in [2.05, 4.69) is 30.8 Å². The van der Waals surface area contributed by atoms with Crippen molar-refractivity contribution in [3.05, 3.63) is 59.7 Å². The Kier molecular flexibility index (Phi) is 4.53. The number of carbonyl (C=O) groups excluding carboxylic acids is 1. The third kappa shape index (κ3) is 3.41. The minimum atomic E-state index is -0.319. The van der Waals surface area contributed by atoms with Crippen LogP contribution >= 0.6 is 0 Å². The highest BCUT2D eigenvalue weighted by molar-refractivity contribution is 5.94. The Morgan fingerprint density at radius 3 is 2.71 bits per heavy atom. The Morgan fingerprint density at radius 2 is 1.96 bits per heavy atom. The number of aryl methyl sites for hydroxylation is 1. The van der Waals surface area contributed by atoms with Gasteiger partial charge in [-0.15, -0.1) is 5.10 Å². The Labute approximate surface area is 139 Å². The van der Waals surface area contributed by atoms with Crippen LogP contribution in [0.1, 0.15) is 15.9 Å². The summed E-state index contributed by atoms with van der Waals surface area (Å²) < 4.78 is 0. The molecule has 0 saturated carbocycles. The molecule has 1 aromatic heterocycles. The lowest BCUT2D eigenvalue weighted by Crippen LogP contribution is -2.21. The number of aromatic nitrogens is 3. The van der Waals surface area contributed by atoms with Gasteiger partial charge in [-0.25, -0.2) is 5.48 Å². The van der Waals surface area contributed by atoms with E-state index in [0.29, 0.717) is 17.3 Å². The highest BCUT2D eigenvalue weighted by Gasteiger charge is 2.10. The molecule has 0 unspecified atom stereocenters. The smallest absolute Gasteiger partial charge is 0.274 e. The maximum Gasteiger partial charge on any atom is 0.274 e. The van der Waals surface area contributed by atoms with Crippen molar-refractivity contribution in [2.45, 2.75) is 6.92 Å². The van der Waals surface area contributed by atoms with Gasteiger partial charge in [0, 0.05) is 16.8 Å². The SMILES string of the molecule is CONC(=O)c1ccc(C)c(Nc2n[nH]c(-c3ccccc3)n2)c1. The number of carbonyl (C=O) groups is 1. The summed E-state index contributed by atoms with van der Waals surface area (Å²) in [5, 5.41) is 10.2. The number of nitrogens with zero attached hydrogens (tertiary/aromatic N) is 2. The molecule has 0 bridgehead atoms. The zero-order chi connectivity index (χ0) is 16.9. The van der Waals surface area contributed by atoms with Gasteiger partial charge in [0.15, 0.2) is 5.82 Å². The van der Waals surface area contributed by atoms with E-state index in [1.807, 2.05) is 43.3 Å². The molecule has 0 atom stereocenters. The average Bonchev–Trinajstić information content (AvgIpc) is 3.06. The van der Waals surface area contributed by atoms with Crippen LogP contribution in [-0.2, 0) is 4.84 Å². The van der Waals surface area contributed by atoms with E-state index in [-0.39, 0.29) is 5.91 Å². The van der Waals surface area contributed by atoms with Gasteiger partial charge in [-0.1, -0.05) is 36.4 Å². The van der Waals surface area contributed by atoms with Gasteiger partial charge < -0.3 is 5.32 Å². The van der Waals surface area contributed by atoms with Gasteiger partial charge in [-0.3, -0.25) is 14.7 Å². The van der Waals surface area contributed by atoms with E-state index in [9.17, 15) is 4.79 Å². The second-order valence-electron chi connectivity index (χ2n) is 5.16. The molecular weight excluding hydrogens is 306 g/mol. The first kappa shape index (κ1) is 15.7. The van der Waals surface area contributed by atoms with Crippen molar-refractivity contribution in [2.75, 3.05) is 12.4 Å². The van der Waals surface area contributed by atoms with Gasteiger partial charge in [0.1, 0.15) is 0 Å². The minimum Gasteiger partial charge on any atom is -0.323 e. The van der Waals surface area contributed by atoms with E-state index in [0.717, 1.165) is 16.8 Å². The van der Waals surface area contributed by atoms with Gasteiger partial charge in [0.05, 0.1) is 7.11 Å². The molecule has 7 heteroatoms. The fourth-order valence-corrected chi connectivity index (χ4v) is 2.21. The number of rotatable bonds is 5. The highest BCUT2D eigenvalue weighted by atomic mass is 16.6. The van der Waals surface area contributed by atoms with E-state index in [1.165, 1.54) is 7.11 Å². The molecule has 0 fully saturated rings. The van der Waals surface area contributed by atoms with Gasteiger partial charge >= 0.3 is 0 Å². The molecule has 0 radical (unpaired) electrons. The summed E-state index contributed by atoms with van der Waals surface area (Å²) in [6.45, 7) is 1.94. The Hall–Kier alpha value is -3.19. The van der Waals surface area contributed by atoms with Crippen molar-refractivity contribution in [1.82, 2.24) is 20.7 Å². The first-order valence-corrected chi connectivity index (χ1v) is 7.36. The quantitative estimate of drug-likeness (QED) is 0.628. The predicted molar refractivity (Wildman–Crippen MR) is 90.8 cm³/mol. The predicted octanol–water partition coefficient (Wildman–Crippen LogP) is 2.81. The molecule has 2 aromatic carbocycles. The molecule has 0 spiro atoms. The number of H-pyrrole nitrogens is 1. The molecule has 0 aliphatic carbocycles. The molecule has 3 N–H and O–H groups in total. The van der Waals surface area contributed by atoms with Crippen molar-refractivity contribution >= 4 is 17.5 Å². The lowest BCUT2D eigenvalue weighted by atomic mass is 10.1. The highest BCUT2D eigenvalue weighted by Crippen LogP contribution is 2.22. The number of amides is 1.